The molecule has 1 aliphatic heterocycles. The van der Waals surface area contributed by atoms with Crippen molar-refractivity contribution in [2.24, 2.45) is 0 Å². The maximum atomic E-state index is 12.4. The van der Waals surface area contributed by atoms with Crippen LogP contribution in [-0.2, 0) is 32.7 Å². The number of ether oxygens (including phenoxy) is 1. The van der Waals surface area contributed by atoms with Gasteiger partial charge < -0.3 is 10.1 Å². The summed E-state index contributed by atoms with van der Waals surface area (Å²) in [7, 11) is -1.72. The Kier molecular flexibility index (Phi) is 6.15. The first-order chi connectivity index (χ1) is 10.9. The van der Waals surface area contributed by atoms with Crippen LogP contribution in [0.5, 0.6) is 0 Å². The molecular formula is C16H24N2O4S. The number of methoxy groups -OCH3 is 1. The maximum absolute atomic E-state index is 12.4. The van der Waals surface area contributed by atoms with Gasteiger partial charge in [0.25, 0.3) is 0 Å². The van der Waals surface area contributed by atoms with Crippen LogP contribution < -0.4 is 5.32 Å². The van der Waals surface area contributed by atoms with Gasteiger partial charge in [-0.25, -0.2) is 8.42 Å². The number of rotatable bonds is 6. The summed E-state index contributed by atoms with van der Waals surface area (Å²) >= 11 is 0. The van der Waals surface area contributed by atoms with Crippen LogP contribution >= 0.6 is 0 Å². The fourth-order valence-corrected chi connectivity index (χ4v) is 3.99. The lowest BCUT2D eigenvalue weighted by molar-refractivity contribution is -0.125. The van der Waals surface area contributed by atoms with E-state index in [1.54, 1.807) is 7.11 Å². The summed E-state index contributed by atoms with van der Waals surface area (Å²) < 4.78 is 30.1. The second kappa shape index (κ2) is 7.90. The standard InChI is InChI=1S/C16H24N2O4S/c1-22-12-14-7-5-6-13(10-14)11-17-16(19)15-8-3-4-9-18(15)23(2,20)21/h5-7,10,15H,3-4,8-9,11-12H2,1-2H3,(H,17,19). The number of amides is 1. The van der Waals surface area contributed by atoms with Gasteiger partial charge >= 0.3 is 0 Å². The molecule has 0 bridgehead atoms. The smallest absolute Gasteiger partial charge is 0.238 e. The molecule has 0 aromatic heterocycles. The molecule has 1 N–H and O–H groups in total. The van der Waals surface area contributed by atoms with E-state index in [0.29, 0.717) is 26.1 Å². The highest BCUT2D eigenvalue weighted by atomic mass is 32.2. The SMILES string of the molecule is COCc1cccc(CNC(=O)C2CCCCN2S(C)(=O)=O)c1. The molecule has 1 atom stereocenters. The van der Waals surface area contributed by atoms with Crippen molar-refractivity contribution in [3.63, 3.8) is 0 Å². The molecule has 2 rings (SSSR count). The Hall–Kier alpha value is -1.44. The van der Waals surface area contributed by atoms with Gasteiger partial charge in [-0.3, -0.25) is 4.79 Å². The van der Waals surface area contributed by atoms with Gasteiger partial charge in [0.05, 0.1) is 12.9 Å². The van der Waals surface area contributed by atoms with E-state index in [9.17, 15) is 13.2 Å². The van der Waals surface area contributed by atoms with Gasteiger partial charge in [-0.15, -0.1) is 0 Å². The van der Waals surface area contributed by atoms with Crippen molar-refractivity contribution in [3.05, 3.63) is 35.4 Å². The Balaban J connectivity index is 1.99. The average molecular weight is 340 g/mol. The highest BCUT2D eigenvalue weighted by molar-refractivity contribution is 7.88. The molecule has 23 heavy (non-hydrogen) atoms. The number of benzene rings is 1. The van der Waals surface area contributed by atoms with Crippen molar-refractivity contribution in [2.75, 3.05) is 19.9 Å². The van der Waals surface area contributed by atoms with Crippen molar-refractivity contribution in [1.29, 1.82) is 0 Å². The molecule has 1 aromatic carbocycles. The van der Waals surface area contributed by atoms with Crippen LogP contribution in [0, 0.1) is 0 Å². The summed E-state index contributed by atoms with van der Waals surface area (Å²) in [6.07, 6.45) is 3.40. The third-order valence-corrected chi connectivity index (χ3v) is 5.24. The van der Waals surface area contributed by atoms with Gasteiger partial charge in [-0.2, -0.15) is 4.31 Å². The van der Waals surface area contributed by atoms with E-state index in [2.05, 4.69) is 5.32 Å². The number of nitrogens with zero attached hydrogens (tertiary/aromatic N) is 1. The first-order valence-corrected chi connectivity index (χ1v) is 9.58. The molecule has 1 aliphatic rings. The summed E-state index contributed by atoms with van der Waals surface area (Å²) in [5.74, 6) is -0.229. The predicted molar refractivity (Wildman–Crippen MR) is 88.2 cm³/mol. The topological polar surface area (TPSA) is 75.7 Å². The zero-order valence-electron chi connectivity index (χ0n) is 13.6. The van der Waals surface area contributed by atoms with Crippen molar-refractivity contribution < 1.29 is 17.9 Å². The van der Waals surface area contributed by atoms with Crippen LogP contribution in [-0.4, -0.2) is 44.6 Å². The van der Waals surface area contributed by atoms with E-state index in [-0.39, 0.29) is 5.91 Å². The van der Waals surface area contributed by atoms with Crippen LogP contribution in [0.15, 0.2) is 24.3 Å². The van der Waals surface area contributed by atoms with E-state index in [1.165, 1.54) is 4.31 Å². The van der Waals surface area contributed by atoms with E-state index >= 15 is 0 Å². The van der Waals surface area contributed by atoms with Crippen molar-refractivity contribution in [1.82, 2.24) is 9.62 Å². The first-order valence-electron chi connectivity index (χ1n) is 7.73. The Morgan fingerprint density at radius 2 is 2.09 bits per heavy atom. The minimum atomic E-state index is -3.36. The number of carbonyl (C=O) groups is 1. The molecule has 1 amide bonds. The average Bonchev–Trinajstić information content (AvgIpc) is 2.52. The van der Waals surface area contributed by atoms with Gasteiger partial charge in [0.1, 0.15) is 6.04 Å². The van der Waals surface area contributed by atoms with Crippen molar-refractivity contribution in [2.45, 2.75) is 38.5 Å². The molecule has 1 aromatic rings. The van der Waals surface area contributed by atoms with E-state index in [4.69, 9.17) is 4.74 Å². The van der Waals surface area contributed by atoms with E-state index in [1.807, 2.05) is 24.3 Å². The van der Waals surface area contributed by atoms with Gasteiger partial charge in [0.2, 0.25) is 15.9 Å². The zero-order chi connectivity index (χ0) is 16.9. The second-order valence-electron chi connectivity index (χ2n) is 5.86. The van der Waals surface area contributed by atoms with Gasteiger partial charge in [-0.1, -0.05) is 30.7 Å². The van der Waals surface area contributed by atoms with Crippen LogP contribution in [0.25, 0.3) is 0 Å². The predicted octanol–water partition coefficient (Wildman–Crippen LogP) is 1.26. The summed E-state index contributed by atoms with van der Waals surface area (Å²) in [4.78, 5) is 12.4. The minimum absolute atomic E-state index is 0.229. The summed E-state index contributed by atoms with van der Waals surface area (Å²) in [6.45, 7) is 1.32. The number of hydrogen-bond acceptors (Lipinski definition) is 4. The fraction of sp³-hybridized carbons (Fsp3) is 0.562. The number of piperidine rings is 1. The molecular weight excluding hydrogens is 316 g/mol. The largest absolute Gasteiger partial charge is 0.380 e. The summed E-state index contributed by atoms with van der Waals surface area (Å²) in [5.41, 5.74) is 2.00. The molecule has 1 fully saturated rings. The van der Waals surface area contributed by atoms with Crippen LogP contribution in [0.2, 0.25) is 0 Å². The summed E-state index contributed by atoms with van der Waals surface area (Å²) in [5, 5.41) is 2.85. The fourth-order valence-electron chi connectivity index (χ4n) is 2.87. The van der Waals surface area contributed by atoms with Gasteiger partial charge in [0, 0.05) is 20.2 Å². The monoisotopic (exact) mass is 340 g/mol. The van der Waals surface area contributed by atoms with Crippen molar-refractivity contribution in [3.8, 4) is 0 Å². The maximum Gasteiger partial charge on any atom is 0.238 e. The second-order valence-corrected chi connectivity index (χ2v) is 7.79. The number of nitrogens with one attached hydrogen (secondary N) is 1. The highest BCUT2D eigenvalue weighted by Crippen LogP contribution is 2.20. The van der Waals surface area contributed by atoms with Crippen LogP contribution in [0.4, 0.5) is 0 Å². The molecule has 6 nitrogen and oxygen atoms in total. The lowest BCUT2D eigenvalue weighted by atomic mass is 10.0. The lowest BCUT2D eigenvalue weighted by Gasteiger charge is -2.32. The first kappa shape index (κ1) is 17.9. The van der Waals surface area contributed by atoms with Crippen molar-refractivity contribution >= 4 is 15.9 Å². The molecule has 7 heteroatoms. The van der Waals surface area contributed by atoms with E-state index < -0.39 is 16.1 Å². The number of carbonyl (C=O) groups excluding carboxylic acids is 1. The lowest BCUT2D eigenvalue weighted by Crippen LogP contribution is -2.51. The minimum Gasteiger partial charge on any atom is -0.380 e. The Bertz CT molecular complexity index is 645. The van der Waals surface area contributed by atoms with Gasteiger partial charge in [-0.05, 0) is 24.0 Å². The number of sulfonamides is 1. The number of hydrogen-bond donors (Lipinski definition) is 1. The molecule has 128 valence electrons. The normalized spacial score (nSPS) is 19.5. The molecule has 0 aliphatic carbocycles. The quantitative estimate of drug-likeness (QED) is 0.846. The third-order valence-electron chi connectivity index (χ3n) is 3.95. The Morgan fingerprint density at radius 3 is 2.78 bits per heavy atom. The third kappa shape index (κ3) is 5.02. The molecule has 0 spiro atoms. The zero-order valence-corrected chi connectivity index (χ0v) is 14.4. The Labute approximate surface area is 137 Å². The Morgan fingerprint density at radius 1 is 1.35 bits per heavy atom. The van der Waals surface area contributed by atoms with Gasteiger partial charge in [0.15, 0.2) is 0 Å². The highest BCUT2D eigenvalue weighted by Gasteiger charge is 2.34. The molecule has 1 unspecified atom stereocenters. The molecule has 0 radical (unpaired) electrons. The van der Waals surface area contributed by atoms with Crippen LogP contribution in [0.3, 0.4) is 0 Å². The molecule has 1 saturated heterocycles. The summed E-state index contributed by atoms with van der Waals surface area (Å²) in [6, 6.07) is 7.18. The van der Waals surface area contributed by atoms with E-state index in [0.717, 1.165) is 30.2 Å². The molecule has 0 saturated carbocycles. The molecule has 1 heterocycles. The van der Waals surface area contributed by atoms with Crippen LogP contribution in [0.1, 0.15) is 30.4 Å².